The molecule has 1 N–H and O–H groups in total. The average Bonchev–Trinajstić information content (AvgIpc) is 2.42. The molecule has 1 aromatic carbocycles. The Morgan fingerprint density at radius 1 is 1.33 bits per heavy atom. The van der Waals surface area contributed by atoms with Gasteiger partial charge in [0, 0.05) is 12.1 Å². The molecule has 3 nitrogen and oxygen atoms in total. The van der Waals surface area contributed by atoms with Gasteiger partial charge in [-0.05, 0) is 50.6 Å². The van der Waals surface area contributed by atoms with Crippen molar-refractivity contribution in [2.45, 2.75) is 44.3 Å². The number of anilines is 1. The monoisotopic (exact) mass is 294 g/mol. The second-order valence-electron chi connectivity index (χ2n) is 6.14. The molecule has 3 rings (SSSR count). The first-order valence-electron chi connectivity index (χ1n) is 7.46. The Bertz CT molecular complexity index is 555. The average molecular weight is 294 g/mol. The highest BCUT2D eigenvalue weighted by Gasteiger charge is 2.47. The minimum absolute atomic E-state index is 0.106. The molecule has 1 aromatic rings. The summed E-state index contributed by atoms with van der Waals surface area (Å²) in [5, 5.41) is 3.24. The molecule has 1 unspecified atom stereocenters. The maximum Gasteiger partial charge on any atom is 0.230 e. The number of hydrogen-bond donors (Lipinski definition) is 1. The topological polar surface area (TPSA) is 32.3 Å². The van der Waals surface area contributed by atoms with Gasteiger partial charge in [0.05, 0.1) is 12.0 Å². The van der Waals surface area contributed by atoms with Gasteiger partial charge >= 0.3 is 0 Å². The lowest BCUT2D eigenvalue weighted by Crippen LogP contribution is -2.61. The van der Waals surface area contributed by atoms with Crippen molar-refractivity contribution < 1.29 is 13.6 Å². The number of alkyl halides is 1. The highest BCUT2D eigenvalue weighted by Crippen LogP contribution is 2.40. The van der Waals surface area contributed by atoms with Crippen LogP contribution in [0.3, 0.4) is 0 Å². The zero-order valence-corrected chi connectivity index (χ0v) is 12.2. The third kappa shape index (κ3) is 2.55. The standard InChI is InChI=1S/C16H20F2N2O/c1-11-2-3-13(9-14(11)18)20-15(21)8-12(17)10-16(20)4-6-19-7-5-16/h2-3,9,12,19H,4-8,10H2,1H3. The summed E-state index contributed by atoms with van der Waals surface area (Å²) >= 11 is 0. The number of aryl methyl sites for hydroxylation is 1. The Morgan fingerprint density at radius 3 is 2.71 bits per heavy atom. The largest absolute Gasteiger partial charge is 0.317 e. The summed E-state index contributed by atoms with van der Waals surface area (Å²) < 4.78 is 27.8. The van der Waals surface area contributed by atoms with Crippen molar-refractivity contribution in [1.82, 2.24) is 5.32 Å². The van der Waals surface area contributed by atoms with Crippen LogP contribution < -0.4 is 10.2 Å². The third-order valence-electron chi connectivity index (χ3n) is 4.67. The van der Waals surface area contributed by atoms with Crippen molar-refractivity contribution in [3.05, 3.63) is 29.6 Å². The van der Waals surface area contributed by atoms with E-state index in [-0.39, 0.29) is 18.1 Å². The van der Waals surface area contributed by atoms with Crippen molar-refractivity contribution >= 4 is 11.6 Å². The van der Waals surface area contributed by atoms with Crippen LogP contribution in [0.1, 0.15) is 31.2 Å². The van der Waals surface area contributed by atoms with E-state index in [0.717, 1.165) is 13.1 Å². The van der Waals surface area contributed by atoms with Gasteiger partial charge in [-0.25, -0.2) is 8.78 Å². The number of carbonyl (C=O) groups is 1. The maximum absolute atomic E-state index is 14.0. The Labute approximate surface area is 123 Å². The third-order valence-corrected chi connectivity index (χ3v) is 4.67. The minimum Gasteiger partial charge on any atom is -0.317 e. The van der Waals surface area contributed by atoms with Gasteiger partial charge in [-0.15, -0.1) is 0 Å². The van der Waals surface area contributed by atoms with Crippen LogP contribution in [-0.2, 0) is 4.79 Å². The summed E-state index contributed by atoms with van der Waals surface area (Å²) in [7, 11) is 0. The van der Waals surface area contributed by atoms with E-state index in [0.29, 0.717) is 30.5 Å². The van der Waals surface area contributed by atoms with Crippen molar-refractivity contribution in [3.63, 3.8) is 0 Å². The van der Waals surface area contributed by atoms with Crippen LogP contribution in [0.5, 0.6) is 0 Å². The van der Waals surface area contributed by atoms with E-state index in [4.69, 9.17) is 0 Å². The van der Waals surface area contributed by atoms with Gasteiger partial charge in [0.25, 0.3) is 0 Å². The lowest BCUT2D eigenvalue weighted by atomic mass is 9.77. The molecule has 2 saturated heterocycles. The molecule has 0 aliphatic carbocycles. The van der Waals surface area contributed by atoms with E-state index in [1.54, 1.807) is 24.0 Å². The Hall–Kier alpha value is -1.49. The van der Waals surface area contributed by atoms with Gasteiger partial charge in [-0.2, -0.15) is 0 Å². The molecule has 0 bridgehead atoms. The maximum atomic E-state index is 14.0. The zero-order valence-electron chi connectivity index (χ0n) is 12.2. The van der Waals surface area contributed by atoms with Crippen molar-refractivity contribution in [2.75, 3.05) is 18.0 Å². The molecular weight excluding hydrogens is 274 g/mol. The summed E-state index contributed by atoms with van der Waals surface area (Å²) in [5.41, 5.74) is 0.588. The Morgan fingerprint density at radius 2 is 2.05 bits per heavy atom. The molecule has 2 aliphatic rings. The van der Waals surface area contributed by atoms with Crippen LogP contribution in [0.15, 0.2) is 18.2 Å². The molecule has 5 heteroatoms. The van der Waals surface area contributed by atoms with E-state index in [1.807, 2.05) is 0 Å². The molecule has 1 spiro atoms. The summed E-state index contributed by atoms with van der Waals surface area (Å²) in [6.07, 6.45) is 0.548. The molecule has 1 amide bonds. The summed E-state index contributed by atoms with van der Waals surface area (Å²) in [6, 6.07) is 4.84. The number of halogens is 2. The first-order valence-corrected chi connectivity index (χ1v) is 7.46. The minimum atomic E-state index is -1.10. The van der Waals surface area contributed by atoms with E-state index >= 15 is 0 Å². The number of rotatable bonds is 1. The van der Waals surface area contributed by atoms with Gasteiger partial charge in [0.1, 0.15) is 12.0 Å². The van der Waals surface area contributed by atoms with Crippen LogP contribution in [0.4, 0.5) is 14.5 Å². The first-order chi connectivity index (χ1) is 10.0. The van der Waals surface area contributed by atoms with E-state index in [1.165, 1.54) is 6.07 Å². The molecular formula is C16H20F2N2O. The van der Waals surface area contributed by atoms with Crippen LogP contribution in [0.25, 0.3) is 0 Å². The fourth-order valence-corrected chi connectivity index (χ4v) is 3.58. The van der Waals surface area contributed by atoms with Gasteiger partial charge in [0.15, 0.2) is 0 Å². The number of hydrogen-bond acceptors (Lipinski definition) is 2. The number of carbonyl (C=O) groups excluding carboxylic acids is 1. The molecule has 2 aliphatic heterocycles. The van der Waals surface area contributed by atoms with Gasteiger partial charge in [-0.3, -0.25) is 4.79 Å². The zero-order chi connectivity index (χ0) is 15.0. The molecule has 0 aromatic heterocycles. The fourth-order valence-electron chi connectivity index (χ4n) is 3.58. The number of nitrogens with zero attached hydrogens (tertiary/aromatic N) is 1. The summed E-state index contributed by atoms with van der Waals surface area (Å²) in [4.78, 5) is 14.1. The fraction of sp³-hybridized carbons (Fsp3) is 0.562. The van der Waals surface area contributed by atoms with E-state index in [2.05, 4.69) is 5.32 Å². The normalized spacial score (nSPS) is 25.4. The molecule has 0 saturated carbocycles. The smallest absolute Gasteiger partial charge is 0.230 e. The van der Waals surface area contributed by atoms with Crippen LogP contribution in [0.2, 0.25) is 0 Å². The Kier molecular flexibility index (Phi) is 3.69. The van der Waals surface area contributed by atoms with Crippen molar-refractivity contribution in [2.24, 2.45) is 0 Å². The van der Waals surface area contributed by atoms with Crippen molar-refractivity contribution in [3.8, 4) is 0 Å². The highest BCUT2D eigenvalue weighted by atomic mass is 19.1. The lowest BCUT2D eigenvalue weighted by Gasteiger charge is -2.50. The summed E-state index contributed by atoms with van der Waals surface area (Å²) in [5.74, 6) is -0.564. The number of benzene rings is 1. The van der Waals surface area contributed by atoms with Crippen LogP contribution in [-0.4, -0.2) is 30.7 Å². The molecule has 2 fully saturated rings. The van der Waals surface area contributed by atoms with Gasteiger partial charge < -0.3 is 10.2 Å². The predicted molar refractivity (Wildman–Crippen MR) is 77.6 cm³/mol. The second-order valence-corrected chi connectivity index (χ2v) is 6.14. The quantitative estimate of drug-likeness (QED) is 0.864. The predicted octanol–water partition coefficient (Wildman–Crippen LogP) is 2.72. The van der Waals surface area contributed by atoms with E-state index in [9.17, 15) is 13.6 Å². The molecule has 0 radical (unpaired) electrons. The summed E-state index contributed by atoms with van der Waals surface area (Å²) in [6.45, 7) is 3.20. The second kappa shape index (κ2) is 5.37. The SMILES string of the molecule is Cc1ccc(N2C(=O)CC(F)CC23CCNCC3)cc1F. The molecule has 114 valence electrons. The van der Waals surface area contributed by atoms with Crippen LogP contribution in [0, 0.1) is 12.7 Å². The van der Waals surface area contributed by atoms with Gasteiger partial charge in [0.2, 0.25) is 5.91 Å². The number of nitrogens with one attached hydrogen (secondary N) is 1. The Balaban J connectivity index is 2.02. The van der Waals surface area contributed by atoms with E-state index < -0.39 is 11.7 Å². The molecule has 1 atom stereocenters. The molecule has 21 heavy (non-hydrogen) atoms. The number of piperidine rings is 2. The van der Waals surface area contributed by atoms with Crippen LogP contribution >= 0.6 is 0 Å². The lowest BCUT2D eigenvalue weighted by molar-refractivity contribution is -0.123. The highest BCUT2D eigenvalue weighted by molar-refractivity contribution is 5.96. The first kappa shape index (κ1) is 14.4. The van der Waals surface area contributed by atoms with Gasteiger partial charge in [-0.1, -0.05) is 6.07 Å². The number of amides is 1. The van der Waals surface area contributed by atoms with Crippen molar-refractivity contribution in [1.29, 1.82) is 0 Å². The molecule has 2 heterocycles.